The van der Waals surface area contributed by atoms with E-state index in [0.717, 1.165) is 22.9 Å². The van der Waals surface area contributed by atoms with Crippen molar-refractivity contribution >= 4 is 11.6 Å². The fourth-order valence-corrected chi connectivity index (χ4v) is 2.16. The van der Waals surface area contributed by atoms with Crippen molar-refractivity contribution < 1.29 is 9.72 Å². The van der Waals surface area contributed by atoms with Gasteiger partial charge in [-0.05, 0) is 11.8 Å². The van der Waals surface area contributed by atoms with Crippen molar-refractivity contribution in [2.24, 2.45) is 11.8 Å². The maximum absolute atomic E-state index is 12.4. The van der Waals surface area contributed by atoms with Crippen LogP contribution >= 0.6 is 0 Å². The van der Waals surface area contributed by atoms with E-state index >= 15 is 0 Å². The Balaban J connectivity index is 2.95. The molecule has 22 heavy (non-hydrogen) atoms. The van der Waals surface area contributed by atoms with E-state index in [1.165, 1.54) is 0 Å². The lowest BCUT2D eigenvalue weighted by Gasteiger charge is -2.26. The Morgan fingerprint density at radius 2 is 1.77 bits per heavy atom. The average molecular weight is 309 g/mol. The molecule has 7 heteroatoms. The second kappa shape index (κ2) is 7.72. The zero-order chi connectivity index (χ0) is 16.9. The molecule has 0 bridgehead atoms. The van der Waals surface area contributed by atoms with Crippen molar-refractivity contribution in [1.82, 2.24) is 9.47 Å². The summed E-state index contributed by atoms with van der Waals surface area (Å²) in [5.41, 5.74) is -0.625. The lowest BCUT2D eigenvalue weighted by molar-refractivity contribution is -0.385. The summed E-state index contributed by atoms with van der Waals surface area (Å²) in [6.45, 7) is 9.07. The van der Waals surface area contributed by atoms with Gasteiger partial charge in [0.2, 0.25) is 5.91 Å². The molecule has 0 unspecified atom stereocenters. The van der Waals surface area contributed by atoms with Crippen molar-refractivity contribution in [3.63, 3.8) is 0 Å². The van der Waals surface area contributed by atoms with Crippen LogP contribution < -0.4 is 5.56 Å². The van der Waals surface area contributed by atoms with Crippen LogP contribution in [0.4, 0.5) is 5.69 Å². The molecule has 0 aliphatic rings. The second-order valence-corrected chi connectivity index (χ2v) is 6.20. The first-order valence-electron chi connectivity index (χ1n) is 7.33. The van der Waals surface area contributed by atoms with Crippen molar-refractivity contribution in [2.75, 3.05) is 13.1 Å². The van der Waals surface area contributed by atoms with Gasteiger partial charge in [-0.15, -0.1) is 0 Å². The molecule has 1 aromatic rings. The second-order valence-electron chi connectivity index (χ2n) is 6.20. The Hall–Kier alpha value is -2.18. The molecule has 0 fully saturated rings. The first-order valence-corrected chi connectivity index (χ1v) is 7.33. The van der Waals surface area contributed by atoms with E-state index < -0.39 is 10.5 Å². The van der Waals surface area contributed by atoms with Gasteiger partial charge in [0, 0.05) is 25.2 Å². The summed E-state index contributed by atoms with van der Waals surface area (Å²) in [6, 6.07) is 2.25. The van der Waals surface area contributed by atoms with Crippen LogP contribution in [-0.4, -0.2) is 33.4 Å². The van der Waals surface area contributed by atoms with Crippen molar-refractivity contribution in [2.45, 2.75) is 34.2 Å². The van der Waals surface area contributed by atoms with E-state index in [-0.39, 0.29) is 18.1 Å². The minimum absolute atomic E-state index is 0.181. The minimum Gasteiger partial charge on any atom is -0.341 e. The molecule has 1 amide bonds. The minimum atomic E-state index is -0.583. The van der Waals surface area contributed by atoms with Crippen LogP contribution in [0.2, 0.25) is 0 Å². The normalized spacial score (nSPS) is 11.0. The van der Waals surface area contributed by atoms with Crippen LogP contribution in [0, 0.1) is 22.0 Å². The predicted octanol–water partition coefficient (Wildman–Crippen LogP) is 1.90. The fourth-order valence-electron chi connectivity index (χ4n) is 2.16. The van der Waals surface area contributed by atoms with Crippen molar-refractivity contribution in [3.8, 4) is 0 Å². The number of rotatable bonds is 7. The summed E-state index contributed by atoms with van der Waals surface area (Å²) in [7, 11) is 0. The van der Waals surface area contributed by atoms with Crippen LogP contribution in [0.25, 0.3) is 0 Å². The Morgan fingerprint density at radius 1 is 1.23 bits per heavy atom. The van der Waals surface area contributed by atoms with Crippen LogP contribution in [0.5, 0.6) is 0 Å². The topological polar surface area (TPSA) is 85.4 Å². The van der Waals surface area contributed by atoms with E-state index in [2.05, 4.69) is 0 Å². The van der Waals surface area contributed by atoms with Gasteiger partial charge < -0.3 is 4.90 Å². The van der Waals surface area contributed by atoms with Gasteiger partial charge in [-0.1, -0.05) is 27.7 Å². The zero-order valence-corrected chi connectivity index (χ0v) is 13.5. The van der Waals surface area contributed by atoms with Crippen LogP contribution in [-0.2, 0) is 11.3 Å². The van der Waals surface area contributed by atoms with Crippen LogP contribution in [0.15, 0.2) is 23.1 Å². The first-order chi connectivity index (χ1) is 10.2. The number of hydrogen-bond acceptors (Lipinski definition) is 4. The number of amides is 1. The van der Waals surface area contributed by atoms with Gasteiger partial charge in [-0.3, -0.25) is 24.3 Å². The molecule has 0 spiro atoms. The molecular weight excluding hydrogens is 286 g/mol. The Bertz CT molecular complexity index is 583. The maximum atomic E-state index is 12.4. The van der Waals surface area contributed by atoms with Gasteiger partial charge in [0.25, 0.3) is 11.2 Å². The van der Waals surface area contributed by atoms with E-state index in [1.807, 2.05) is 27.7 Å². The quantitative estimate of drug-likeness (QED) is 0.568. The fraction of sp³-hybridized carbons (Fsp3) is 0.600. The molecule has 1 rings (SSSR count). The number of carbonyl (C=O) groups is 1. The SMILES string of the molecule is CC(C)CN(CC(C)C)C(=O)Cn1cc([N+](=O)[O-])ccc1=O. The molecule has 0 saturated heterocycles. The molecule has 7 nitrogen and oxygen atoms in total. The van der Waals surface area contributed by atoms with E-state index in [9.17, 15) is 19.7 Å². The summed E-state index contributed by atoms with van der Waals surface area (Å²) >= 11 is 0. The van der Waals surface area contributed by atoms with E-state index in [4.69, 9.17) is 0 Å². The Morgan fingerprint density at radius 3 is 2.23 bits per heavy atom. The summed E-state index contributed by atoms with van der Waals surface area (Å²) in [5, 5.41) is 10.8. The first kappa shape index (κ1) is 17.9. The number of nitrogens with zero attached hydrogens (tertiary/aromatic N) is 3. The molecule has 122 valence electrons. The highest BCUT2D eigenvalue weighted by atomic mass is 16.6. The molecule has 0 N–H and O–H groups in total. The van der Waals surface area contributed by atoms with Crippen LogP contribution in [0.3, 0.4) is 0 Å². The molecule has 0 aromatic carbocycles. The van der Waals surface area contributed by atoms with Gasteiger partial charge in [-0.25, -0.2) is 0 Å². The van der Waals surface area contributed by atoms with E-state index in [1.54, 1.807) is 4.90 Å². The summed E-state index contributed by atoms with van der Waals surface area (Å²) < 4.78 is 1.09. The molecule has 1 heterocycles. The van der Waals surface area contributed by atoms with Gasteiger partial charge in [0.15, 0.2) is 0 Å². The van der Waals surface area contributed by atoms with Gasteiger partial charge >= 0.3 is 0 Å². The summed E-state index contributed by atoms with van der Waals surface area (Å²) in [6.07, 6.45) is 1.11. The van der Waals surface area contributed by atoms with Crippen molar-refractivity contribution in [3.05, 3.63) is 38.8 Å². The predicted molar refractivity (Wildman–Crippen MR) is 83.6 cm³/mol. The molecular formula is C15H23N3O4. The third kappa shape index (κ3) is 5.31. The molecule has 1 aromatic heterocycles. The van der Waals surface area contributed by atoms with Crippen molar-refractivity contribution in [1.29, 1.82) is 0 Å². The highest BCUT2D eigenvalue weighted by molar-refractivity contribution is 5.76. The smallest absolute Gasteiger partial charge is 0.285 e. The number of aromatic nitrogens is 1. The molecule has 0 saturated carbocycles. The Labute approximate surface area is 129 Å². The average Bonchev–Trinajstić information content (AvgIpc) is 2.39. The maximum Gasteiger partial charge on any atom is 0.285 e. The largest absolute Gasteiger partial charge is 0.341 e. The van der Waals surface area contributed by atoms with Gasteiger partial charge in [0.05, 0.1) is 11.1 Å². The molecule has 0 aliphatic carbocycles. The van der Waals surface area contributed by atoms with Gasteiger partial charge in [-0.2, -0.15) is 0 Å². The van der Waals surface area contributed by atoms with Crippen LogP contribution in [0.1, 0.15) is 27.7 Å². The molecule has 0 aliphatic heterocycles. The highest BCUT2D eigenvalue weighted by Crippen LogP contribution is 2.08. The number of carbonyl (C=O) groups excluding carboxylic acids is 1. The molecule has 0 radical (unpaired) electrons. The third-order valence-corrected chi connectivity index (χ3v) is 3.01. The number of pyridine rings is 1. The number of nitro groups is 1. The molecule has 0 atom stereocenters. The highest BCUT2D eigenvalue weighted by Gasteiger charge is 2.18. The van der Waals surface area contributed by atoms with Gasteiger partial charge in [0.1, 0.15) is 6.54 Å². The summed E-state index contributed by atoms with van der Waals surface area (Å²) in [5.74, 6) is 0.416. The Kier molecular flexibility index (Phi) is 6.27. The van der Waals surface area contributed by atoms with E-state index in [0.29, 0.717) is 24.9 Å². The third-order valence-electron chi connectivity index (χ3n) is 3.01. The zero-order valence-electron chi connectivity index (χ0n) is 13.5. The lowest BCUT2D eigenvalue weighted by atomic mass is 10.1. The monoisotopic (exact) mass is 309 g/mol. The standard InChI is InChI=1S/C15H23N3O4/c1-11(2)7-16(8-12(3)4)15(20)10-17-9-13(18(21)22)5-6-14(17)19/h5-6,9,11-12H,7-8,10H2,1-4H3. The lowest BCUT2D eigenvalue weighted by Crippen LogP contribution is -2.40. The summed E-state index contributed by atoms with van der Waals surface area (Å²) in [4.78, 5) is 36.1. The number of hydrogen-bond donors (Lipinski definition) is 0.